The van der Waals surface area contributed by atoms with Crippen LogP contribution in [0.5, 0.6) is 0 Å². The number of rotatable bonds is 1. The normalized spacial score (nSPS) is 8.35. The first-order valence-corrected chi connectivity index (χ1v) is 4.65. The molecule has 0 fully saturated rings. The second-order valence-corrected chi connectivity index (χ2v) is 3.40. The molecule has 0 aliphatic heterocycles. The average Bonchev–Trinajstić information content (AvgIpc) is 2.19. The Kier molecular flexibility index (Phi) is 9.13. The summed E-state index contributed by atoms with van der Waals surface area (Å²) in [6.07, 6.45) is 0. The Morgan fingerprint density at radius 3 is 2.00 bits per heavy atom. The molecule has 17 heavy (non-hydrogen) atoms. The van der Waals surface area contributed by atoms with Gasteiger partial charge in [-0.05, 0) is 23.8 Å². The van der Waals surface area contributed by atoms with Gasteiger partial charge >= 0.3 is 0 Å². The van der Waals surface area contributed by atoms with Crippen LogP contribution >= 0.6 is 36.4 Å². The molecule has 0 radical (unpaired) electrons. The van der Waals surface area contributed by atoms with E-state index in [-0.39, 0.29) is 38.1 Å². The Balaban J connectivity index is 0. The van der Waals surface area contributed by atoms with Crippen LogP contribution in [0.3, 0.4) is 0 Å². The van der Waals surface area contributed by atoms with Crippen LogP contribution in [0.15, 0.2) is 48.5 Å². The van der Waals surface area contributed by atoms with Gasteiger partial charge in [0.05, 0.1) is 5.02 Å². The molecule has 2 aromatic rings. The number of benzene rings is 2. The predicted molar refractivity (Wildman–Crippen MR) is 78.1 cm³/mol. The molecule has 0 saturated carbocycles. The van der Waals surface area contributed by atoms with Crippen molar-refractivity contribution in [3.05, 3.63) is 59.4 Å². The molecular formula is C13H14Cl3F. The van der Waals surface area contributed by atoms with Crippen molar-refractivity contribution in [1.29, 1.82) is 0 Å². The summed E-state index contributed by atoms with van der Waals surface area (Å²) >= 11 is 5.92. The third-order valence-electron chi connectivity index (χ3n) is 2.02. The highest BCUT2D eigenvalue weighted by Crippen LogP contribution is 2.27. The summed E-state index contributed by atoms with van der Waals surface area (Å²) in [6, 6.07) is 14.1. The maximum absolute atomic E-state index is 12.8. The lowest BCUT2D eigenvalue weighted by Crippen LogP contribution is -1.80. The minimum absolute atomic E-state index is 0. The fourth-order valence-electron chi connectivity index (χ4n) is 1.34. The molecule has 0 N–H and O–H groups in total. The molecule has 0 heterocycles. The fraction of sp³-hybridized carbons (Fsp3) is 0.0769. The molecule has 4 heteroatoms. The molecule has 0 unspecified atom stereocenters. The largest absolute Gasteiger partial charge is 0.207 e. The zero-order valence-electron chi connectivity index (χ0n) is 8.19. The van der Waals surface area contributed by atoms with E-state index in [2.05, 4.69) is 0 Å². The molecule has 2 aromatic carbocycles. The van der Waals surface area contributed by atoms with Gasteiger partial charge in [-0.15, -0.1) is 24.8 Å². The van der Waals surface area contributed by atoms with Crippen molar-refractivity contribution in [1.82, 2.24) is 0 Å². The molecule has 0 atom stereocenters. The summed E-state index contributed by atoms with van der Waals surface area (Å²) in [6.45, 7) is 0. The molecule has 0 aliphatic carbocycles. The lowest BCUT2D eigenvalue weighted by molar-refractivity contribution is 0.628. The molecule has 2 rings (SSSR count). The van der Waals surface area contributed by atoms with Gasteiger partial charge < -0.3 is 0 Å². The molecule has 0 saturated heterocycles. The van der Waals surface area contributed by atoms with Crippen molar-refractivity contribution in [2.45, 2.75) is 7.43 Å². The summed E-state index contributed by atoms with van der Waals surface area (Å²) in [5.74, 6) is -0.310. The van der Waals surface area contributed by atoms with Crippen molar-refractivity contribution in [2.24, 2.45) is 0 Å². The van der Waals surface area contributed by atoms with Gasteiger partial charge in [0.25, 0.3) is 0 Å². The van der Waals surface area contributed by atoms with Gasteiger partial charge in [-0.2, -0.15) is 0 Å². The van der Waals surface area contributed by atoms with Gasteiger partial charge in [-0.3, -0.25) is 0 Å². The minimum atomic E-state index is -0.310. The predicted octanol–water partition coefficient (Wildman–Crippen LogP) is 5.63. The summed E-state index contributed by atoms with van der Waals surface area (Å²) < 4.78 is 12.8. The Morgan fingerprint density at radius 1 is 0.882 bits per heavy atom. The monoisotopic (exact) mass is 294 g/mol. The molecule has 0 bridgehead atoms. The topological polar surface area (TPSA) is 0 Å². The average molecular weight is 296 g/mol. The van der Waals surface area contributed by atoms with Gasteiger partial charge in [0, 0.05) is 5.56 Å². The summed E-state index contributed by atoms with van der Waals surface area (Å²) in [5, 5.41) is 0.441. The molecule has 0 nitrogen and oxygen atoms in total. The Labute approximate surface area is 119 Å². The Hall–Kier alpha value is -0.760. The highest BCUT2D eigenvalue weighted by atomic mass is 35.5. The van der Waals surface area contributed by atoms with Crippen molar-refractivity contribution in [3.8, 4) is 11.1 Å². The molecular weight excluding hydrogens is 282 g/mol. The van der Waals surface area contributed by atoms with Crippen molar-refractivity contribution in [2.75, 3.05) is 0 Å². The standard InChI is InChI=1S/C12H8ClF.CH4.2ClH/c13-12-8-10(14)6-7-11(12)9-4-2-1-3-5-9;;;/h1-8H;1H4;2*1H. The number of halogens is 4. The number of hydrogen-bond acceptors (Lipinski definition) is 0. The van der Waals surface area contributed by atoms with Crippen molar-refractivity contribution >= 4 is 36.4 Å². The van der Waals surface area contributed by atoms with E-state index in [0.29, 0.717) is 5.02 Å². The van der Waals surface area contributed by atoms with Gasteiger partial charge in [0.1, 0.15) is 5.82 Å². The second kappa shape index (κ2) is 8.35. The van der Waals surface area contributed by atoms with E-state index in [1.807, 2.05) is 30.3 Å². The first-order valence-electron chi connectivity index (χ1n) is 4.28. The van der Waals surface area contributed by atoms with Gasteiger partial charge in [-0.25, -0.2) is 4.39 Å². The lowest BCUT2D eigenvalue weighted by Gasteiger charge is -2.03. The van der Waals surface area contributed by atoms with Crippen LogP contribution in [0.2, 0.25) is 5.02 Å². The summed E-state index contributed by atoms with van der Waals surface area (Å²) in [7, 11) is 0. The van der Waals surface area contributed by atoms with Gasteiger partial charge in [-0.1, -0.05) is 49.4 Å². The van der Waals surface area contributed by atoms with E-state index in [1.165, 1.54) is 12.1 Å². The SMILES string of the molecule is C.Cl.Cl.Fc1ccc(-c2ccccc2)c(Cl)c1. The first-order chi connectivity index (χ1) is 6.77. The van der Waals surface area contributed by atoms with E-state index >= 15 is 0 Å². The molecule has 0 aliphatic rings. The lowest BCUT2D eigenvalue weighted by atomic mass is 10.1. The smallest absolute Gasteiger partial charge is 0.124 e. The molecule has 0 amide bonds. The summed E-state index contributed by atoms with van der Waals surface area (Å²) in [5.41, 5.74) is 1.85. The zero-order chi connectivity index (χ0) is 9.97. The third-order valence-corrected chi connectivity index (χ3v) is 2.33. The van der Waals surface area contributed by atoms with Crippen LogP contribution in [-0.4, -0.2) is 0 Å². The highest BCUT2D eigenvalue weighted by Gasteiger charge is 2.03. The molecule has 94 valence electrons. The third kappa shape index (κ3) is 4.55. The first kappa shape index (κ1) is 18.6. The highest BCUT2D eigenvalue weighted by molar-refractivity contribution is 6.33. The number of hydrogen-bond donors (Lipinski definition) is 0. The Morgan fingerprint density at radius 2 is 1.47 bits per heavy atom. The van der Waals surface area contributed by atoms with E-state index in [4.69, 9.17) is 11.6 Å². The maximum atomic E-state index is 12.8. The van der Waals surface area contributed by atoms with E-state index < -0.39 is 0 Å². The van der Waals surface area contributed by atoms with E-state index in [1.54, 1.807) is 6.07 Å². The molecule has 0 aromatic heterocycles. The fourth-order valence-corrected chi connectivity index (χ4v) is 1.62. The van der Waals surface area contributed by atoms with Crippen molar-refractivity contribution in [3.63, 3.8) is 0 Å². The quantitative estimate of drug-likeness (QED) is 0.640. The van der Waals surface area contributed by atoms with Crippen LogP contribution in [0.25, 0.3) is 11.1 Å². The Bertz CT molecular complexity index is 444. The zero-order valence-corrected chi connectivity index (χ0v) is 10.6. The summed E-state index contributed by atoms with van der Waals surface area (Å²) in [4.78, 5) is 0. The van der Waals surface area contributed by atoms with Crippen LogP contribution in [-0.2, 0) is 0 Å². The van der Waals surface area contributed by atoms with Gasteiger partial charge in [0.15, 0.2) is 0 Å². The van der Waals surface area contributed by atoms with Crippen LogP contribution in [0, 0.1) is 5.82 Å². The molecule has 0 spiro atoms. The van der Waals surface area contributed by atoms with Crippen LogP contribution in [0.4, 0.5) is 4.39 Å². The van der Waals surface area contributed by atoms with Crippen LogP contribution in [0.1, 0.15) is 7.43 Å². The van der Waals surface area contributed by atoms with Gasteiger partial charge in [0.2, 0.25) is 0 Å². The van der Waals surface area contributed by atoms with Crippen LogP contribution < -0.4 is 0 Å². The minimum Gasteiger partial charge on any atom is -0.207 e. The van der Waals surface area contributed by atoms with Crippen molar-refractivity contribution < 1.29 is 4.39 Å². The van der Waals surface area contributed by atoms with E-state index in [0.717, 1.165) is 11.1 Å². The second-order valence-electron chi connectivity index (χ2n) is 2.99. The maximum Gasteiger partial charge on any atom is 0.124 e. The van der Waals surface area contributed by atoms with E-state index in [9.17, 15) is 4.39 Å².